The van der Waals surface area contributed by atoms with Crippen LogP contribution in [0.25, 0.3) is 0 Å². The van der Waals surface area contributed by atoms with Gasteiger partial charge in [0.1, 0.15) is 0 Å². The summed E-state index contributed by atoms with van der Waals surface area (Å²) in [7, 11) is 0. The van der Waals surface area contributed by atoms with Gasteiger partial charge in [0.25, 0.3) is 0 Å². The molecule has 0 atom stereocenters. The number of carbonyl (C=O) groups excluding carboxylic acids is 2. The molecule has 0 fully saturated rings. The Morgan fingerprint density at radius 2 is 1.44 bits per heavy atom. The minimum Gasteiger partial charge on any atom is -0.412 e. The Balaban J connectivity index is 0. The summed E-state index contributed by atoms with van der Waals surface area (Å²) >= 11 is 0.755. The molecule has 0 spiro atoms. The van der Waals surface area contributed by atoms with Crippen LogP contribution in [0.5, 0.6) is 0 Å². The maximum atomic E-state index is 10.4. The van der Waals surface area contributed by atoms with Gasteiger partial charge in [0.15, 0.2) is 0 Å². The van der Waals surface area contributed by atoms with Crippen molar-refractivity contribution in [3.05, 3.63) is 0 Å². The molecule has 0 amide bonds. The molecule has 0 aliphatic heterocycles. The third kappa shape index (κ3) is 4.43. The SMILES string of the molecule is CC(=O)[CH]([Zn])C(C)=O.O. The zero-order chi connectivity index (χ0) is 6.73. The quantitative estimate of drug-likeness (QED) is 0.434. The summed E-state index contributed by atoms with van der Waals surface area (Å²) < 4.78 is -0.282. The van der Waals surface area contributed by atoms with E-state index in [1.54, 1.807) is 0 Å². The Hall–Kier alpha value is -0.0766. The monoisotopic (exact) mass is 181 g/mol. The fraction of sp³-hybridized carbons (Fsp3) is 0.600. The van der Waals surface area contributed by atoms with Gasteiger partial charge in [-0.25, -0.2) is 0 Å². The van der Waals surface area contributed by atoms with E-state index in [4.69, 9.17) is 0 Å². The van der Waals surface area contributed by atoms with Crippen LogP contribution in [0, 0.1) is 0 Å². The van der Waals surface area contributed by atoms with Crippen molar-refractivity contribution in [2.45, 2.75) is 18.4 Å². The van der Waals surface area contributed by atoms with Gasteiger partial charge in [0, 0.05) is 0 Å². The molecule has 0 radical (unpaired) electrons. The van der Waals surface area contributed by atoms with E-state index < -0.39 is 0 Å². The molecular weight excluding hydrogens is 173 g/mol. The second-order valence-corrected chi connectivity index (χ2v) is 3.49. The maximum Gasteiger partial charge on any atom is -0.412 e. The molecule has 2 N–H and O–H groups in total. The molecular formula is C5H9O3Zn. The third-order valence-electron chi connectivity index (χ3n) is 0.981. The molecule has 3 nitrogen and oxygen atoms in total. The smallest absolute Gasteiger partial charge is 0.412 e. The molecule has 0 saturated carbocycles. The first-order valence-electron chi connectivity index (χ1n) is 2.39. The molecule has 4 heteroatoms. The summed E-state index contributed by atoms with van der Waals surface area (Å²) in [5.41, 5.74) is 0. The van der Waals surface area contributed by atoms with Gasteiger partial charge in [-0.05, 0) is 0 Å². The summed E-state index contributed by atoms with van der Waals surface area (Å²) in [6, 6.07) is 0. The first-order valence-corrected chi connectivity index (χ1v) is 4.11. The molecule has 0 unspecified atom stereocenters. The fourth-order valence-corrected chi connectivity index (χ4v) is 0.286. The zero-order valence-electron chi connectivity index (χ0n) is 5.60. The average molecular weight is 183 g/mol. The largest absolute Gasteiger partial charge is 0.412 e. The van der Waals surface area contributed by atoms with Crippen molar-refractivity contribution in [1.29, 1.82) is 0 Å². The molecule has 0 bridgehead atoms. The zero-order valence-corrected chi connectivity index (χ0v) is 8.57. The van der Waals surface area contributed by atoms with Crippen molar-refractivity contribution in [1.82, 2.24) is 0 Å². The van der Waals surface area contributed by atoms with Gasteiger partial charge < -0.3 is 5.48 Å². The molecule has 0 aromatic rings. The number of carbonyl (C=O) groups is 2. The van der Waals surface area contributed by atoms with Crippen LogP contribution in [0.2, 0.25) is 4.51 Å². The van der Waals surface area contributed by atoms with Crippen molar-refractivity contribution in [3.8, 4) is 0 Å². The van der Waals surface area contributed by atoms with Gasteiger partial charge in [-0.1, -0.05) is 0 Å². The van der Waals surface area contributed by atoms with Crippen LogP contribution in [0.1, 0.15) is 13.8 Å². The van der Waals surface area contributed by atoms with Crippen molar-refractivity contribution in [3.63, 3.8) is 0 Å². The molecule has 0 aromatic carbocycles. The van der Waals surface area contributed by atoms with E-state index in [1.165, 1.54) is 13.8 Å². The summed E-state index contributed by atoms with van der Waals surface area (Å²) in [6.07, 6.45) is 0. The van der Waals surface area contributed by atoms with E-state index >= 15 is 0 Å². The van der Waals surface area contributed by atoms with Crippen LogP contribution in [0.15, 0.2) is 0 Å². The van der Waals surface area contributed by atoms with Gasteiger partial charge in [-0.3, -0.25) is 0 Å². The van der Waals surface area contributed by atoms with Crippen LogP contribution in [-0.2, 0) is 27.9 Å². The van der Waals surface area contributed by atoms with Gasteiger partial charge >= 0.3 is 57.8 Å². The van der Waals surface area contributed by atoms with E-state index in [9.17, 15) is 9.59 Å². The second kappa shape index (κ2) is 4.77. The average Bonchev–Trinajstić information content (AvgIpc) is 1.64. The molecule has 0 rings (SSSR count). The van der Waals surface area contributed by atoms with Crippen LogP contribution in [-0.4, -0.2) is 17.0 Å². The van der Waals surface area contributed by atoms with Crippen LogP contribution >= 0.6 is 0 Å². The summed E-state index contributed by atoms with van der Waals surface area (Å²) in [6.45, 7) is 2.91. The van der Waals surface area contributed by atoms with Crippen molar-refractivity contribution in [2.75, 3.05) is 0 Å². The normalized spacial score (nSPS) is 8.56. The minimum atomic E-state index is -0.282. The molecule has 0 aliphatic carbocycles. The first kappa shape index (κ1) is 11.7. The molecule has 0 saturated heterocycles. The molecule has 0 aromatic heterocycles. The van der Waals surface area contributed by atoms with Crippen molar-refractivity contribution < 1.29 is 33.4 Å². The maximum absolute atomic E-state index is 10.4. The predicted octanol–water partition coefficient (Wildman–Crippen LogP) is -0.325. The van der Waals surface area contributed by atoms with Crippen LogP contribution < -0.4 is 0 Å². The number of hydrogen-bond acceptors (Lipinski definition) is 2. The van der Waals surface area contributed by atoms with E-state index in [0.29, 0.717) is 0 Å². The first-order chi connectivity index (χ1) is 3.55. The molecule has 0 aliphatic rings. The fourth-order valence-electron chi connectivity index (χ4n) is 0.286. The van der Waals surface area contributed by atoms with E-state index in [2.05, 4.69) is 0 Å². The number of Topliss-reactive ketones (excluding diaryl/α,β-unsaturated/α-hetero) is 2. The minimum absolute atomic E-state index is 0. The van der Waals surface area contributed by atoms with Gasteiger partial charge in [-0.2, -0.15) is 0 Å². The molecule has 9 heavy (non-hydrogen) atoms. The van der Waals surface area contributed by atoms with E-state index in [0.717, 1.165) is 18.3 Å². The Morgan fingerprint density at radius 3 is 1.44 bits per heavy atom. The van der Waals surface area contributed by atoms with Gasteiger partial charge in [0.2, 0.25) is 0 Å². The predicted molar refractivity (Wildman–Crippen MR) is 28.7 cm³/mol. The second-order valence-electron chi connectivity index (χ2n) is 1.77. The third-order valence-corrected chi connectivity index (χ3v) is 3.39. The molecule has 49 valence electrons. The van der Waals surface area contributed by atoms with Crippen LogP contribution in [0.4, 0.5) is 0 Å². The van der Waals surface area contributed by atoms with Crippen molar-refractivity contribution >= 4 is 11.6 Å². The topological polar surface area (TPSA) is 65.6 Å². The number of rotatable bonds is 2. The summed E-state index contributed by atoms with van der Waals surface area (Å²) in [4.78, 5) is 20.8. The summed E-state index contributed by atoms with van der Waals surface area (Å²) in [5.74, 6) is -0.00463. The Morgan fingerprint density at radius 1 is 1.22 bits per heavy atom. The van der Waals surface area contributed by atoms with Crippen LogP contribution in [0.3, 0.4) is 0 Å². The Kier molecular flexibility index (Phi) is 6.19. The van der Waals surface area contributed by atoms with E-state index in [-0.39, 0.29) is 21.6 Å². The van der Waals surface area contributed by atoms with Gasteiger partial charge in [0.05, 0.1) is 0 Å². The van der Waals surface area contributed by atoms with Gasteiger partial charge in [-0.15, -0.1) is 0 Å². The number of hydrogen-bond donors (Lipinski definition) is 0. The summed E-state index contributed by atoms with van der Waals surface area (Å²) in [5, 5.41) is 0. The number of ketones is 2. The van der Waals surface area contributed by atoms with E-state index in [1.807, 2.05) is 0 Å². The van der Waals surface area contributed by atoms with Crippen molar-refractivity contribution in [2.24, 2.45) is 0 Å². The Bertz CT molecular complexity index is 107. The standard InChI is InChI=1S/C5H7O2.H2O.Zn/c1-4(6)3-5(2)7;;/h3H,1-2H3;1H2;. The molecule has 0 heterocycles. The Labute approximate surface area is 63.8 Å².